The van der Waals surface area contributed by atoms with Crippen LogP contribution in [-0.2, 0) is 0 Å². The standard InChI is InChI=1S/C13H16O3/c1-8-5-6-10-12(15-4)7-11(14-3)9(2)13(10)16-8/h5-8H,1-4H3. The van der Waals surface area contributed by atoms with E-state index in [2.05, 4.69) is 0 Å². The van der Waals surface area contributed by atoms with Crippen molar-refractivity contribution in [3.63, 3.8) is 0 Å². The first-order chi connectivity index (χ1) is 7.67. The maximum Gasteiger partial charge on any atom is 0.137 e. The minimum absolute atomic E-state index is 0.0861. The quantitative estimate of drug-likeness (QED) is 0.767. The molecule has 1 unspecified atom stereocenters. The molecule has 0 N–H and O–H groups in total. The van der Waals surface area contributed by atoms with Crippen molar-refractivity contribution < 1.29 is 14.2 Å². The molecule has 0 aliphatic carbocycles. The number of benzene rings is 1. The van der Waals surface area contributed by atoms with Gasteiger partial charge in [0.2, 0.25) is 0 Å². The van der Waals surface area contributed by atoms with Crippen molar-refractivity contribution in [1.29, 1.82) is 0 Å². The van der Waals surface area contributed by atoms with Gasteiger partial charge in [-0.15, -0.1) is 0 Å². The van der Waals surface area contributed by atoms with E-state index in [0.717, 1.165) is 28.4 Å². The van der Waals surface area contributed by atoms with Gasteiger partial charge in [-0.25, -0.2) is 0 Å². The lowest BCUT2D eigenvalue weighted by Gasteiger charge is -2.23. The summed E-state index contributed by atoms with van der Waals surface area (Å²) in [5.74, 6) is 2.42. The molecule has 0 saturated heterocycles. The molecule has 0 aromatic heterocycles. The van der Waals surface area contributed by atoms with Crippen molar-refractivity contribution >= 4 is 6.08 Å². The molecule has 0 spiro atoms. The van der Waals surface area contributed by atoms with Crippen LogP contribution >= 0.6 is 0 Å². The molecule has 0 saturated carbocycles. The molecular formula is C13H16O3. The maximum atomic E-state index is 5.80. The van der Waals surface area contributed by atoms with E-state index >= 15 is 0 Å². The zero-order valence-electron chi connectivity index (χ0n) is 10.0. The Bertz CT molecular complexity index is 435. The molecule has 0 radical (unpaired) electrons. The normalized spacial score (nSPS) is 17.6. The first-order valence-corrected chi connectivity index (χ1v) is 5.27. The van der Waals surface area contributed by atoms with E-state index in [0.29, 0.717) is 0 Å². The summed E-state index contributed by atoms with van der Waals surface area (Å²) in [7, 11) is 3.30. The second kappa shape index (κ2) is 4.08. The number of hydrogen-bond acceptors (Lipinski definition) is 3. The third-order valence-electron chi connectivity index (χ3n) is 2.76. The highest BCUT2D eigenvalue weighted by molar-refractivity contribution is 5.71. The van der Waals surface area contributed by atoms with Crippen LogP contribution in [0.5, 0.6) is 17.2 Å². The third-order valence-corrected chi connectivity index (χ3v) is 2.76. The third kappa shape index (κ3) is 1.62. The zero-order chi connectivity index (χ0) is 11.7. The Balaban J connectivity index is 2.63. The monoisotopic (exact) mass is 220 g/mol. The summed E-state index contributed by atoms with van der Waals surface area (Å²) in [4.78, 5) is 0. The SMILES string of the molecule is COc1cc(OC)c2c(c1C)OC(C)C=C2. The van der Waals surface area contributed by atoms with Gasteiger partial charge in [-0.05, 0) is 26.0 Å². The second-order valence-corrected chi connectivity index (χ2v) is 3.83. The summed E-state index contributed by atoms with van der Waals surface area (Å²) in [5.41, 5.74) is 1.99. The van der Waals surface area contributed by atoms with Crippen LogP contribution in [-0.4, -0.2) is 20.3 Å². The van der Waals surface area contributed by atoms with Gasteiger partial charge >= 0.3 is 0 Å². The fourth-order valence-electron chi connectivity index (χ4n) is 1.88. The van der Waals surface area contributed by atoms with E-state index in [4.69, 9.17) is 14.2 Å². The van der Waals surface area contributed by atoms with Crippen LogP contribution < -0.4 is 14.2 Å². The molecule has 1 aliphatic rings. The molecule has 86 valence electrons. The maximum absolute atomic E-state index is 5.80. The summed E-state index contributed by atoms with van der Waals surface area (Å²) in [6.45, 7) is 3.99. The van der Waals surface area contributed by atoms with Crippen LogP contribution in [0, 0.1) is 6.92 Å². The molecule has 1 atom stereocenters. The van der Waals surface area contributed by atoms with Crippen molar-refractivity contribution in [2.45, 2.75) is 20.0 Å². The van der Waals surface area contributed by atoms with E-state index < -0.39 is 0 Å². The Morgan fingerprint density at radius 3 is 2.50 bits per heavy atom. The zero-order valence-corrected chi connectivity index (χ0v) is 10.0. The van der Waals surface area contributed by atoms with Crippen LogP contribution in [0.1, 0.15) is 18.1 Å². The van der Waals surface area contributed by atoms with Crippen molar-refractivity contribution in [3.05, 3.63) is 23.3 Å². The minimum atomic E-state index is 0.0861. The van der Waals surface area contributed by atoms with Gasteiger partial charge in [0.25, 0.3) is 0 Å². The van der Waals surface area contributed by atoms with E-state index in [1.165, 1.54) is 0 Å². The van der Waals surface area contributed by atoms with E-state index in [-0.39, 0.29) is 6.10 Å². The lowest BCUT2D eigenvalue weighted by atomic mass is 10.0. The predicted octanol–water partition coefficient (Wildman–Crippen LogP) is 2.81. The van der Waals surface area contributed by atoms with Gasteiger partial charge in [0.05, 0.1) is 19.8 Å². The summed E-state index contributed by atoms with van der Waals surface area (Å²) in [6, 6.07) is 1.89. The van der Waals surface area contributed by atoms with Crippen molar-refractivity contribution in [2.24, 2.45) is 0 Å². The molecule has 3 nitrogen and oxygen atoms in total. The number of hydrogen-bond donors (Lipinski definition) is 0. The average molecular weight is 220 g/mol. The Morgan fingerprint density at radius 1 is 1.19 bits per heavy atom. The van der Waals surface area contributed by atoms with Crippen LogP contribution in [0.3, 0.4) is 0 Å². The minimum Gasteiger partial charge on any atom is -0.496 e. The lowest BCUT2D eigenvalue weighted by Crippen LogP contribution is -2.14. The van der Waals surface area contributed by atoms with Crippen molar-refractivity contribution in [2.75, 3.05) is 14.2 Å². The molecule has 1 aromatic carbocycles. The van der Waals surface area contributed by atoms with Gasteiger partial charge in [0, 0.05) is 11.6 Å². The molecular weight excluding hydrogens is 204 g/mol. The molecule has 0 amide bonds. The molecule has 0 bridgehead atoms. The van der Waals surface area contributed by atoms with Crippen molar-refractivity contribution in [3.8, 4) is 17.2 Å². The highest BCUT2D eigenvalue weighted by Gasteiger charge is 2.20. The Labute approximate surface area is 95.6 Å². The number of fused-ring (bicyclic) bond motifs is 1. The van der Waals surface area contributed by atoms with Gasteiger partial charge in [-0.3, -0.25) is 0 Å². The van der Waals surface area contributed by atoms with Gasteiger partial charge in [-0.2, -0.15) is 0 Å². The Kier molecular flexibility index (Phi) is 2.77. The molecule has 1 aliphatic heterocycles. The highest BCUT2D eigenvalue weighted by Crippen LogP contribution is 2.41. The fourth-order valence-corrected chi connectivity index (χ4v) is 1.88. The first-order valence-electron chi connectivity index (χ1n) is 5.27. The van der Waals surface area contributed by atoms with Crippen LogP contribution in [0.2, 0.25) is 0 Å². The number of methoxy groups -OCH3 is 2. The number of rotatable bonds is 2. The van der Waals surface area contributed by atoms with Gasteiger partial charge in [0.15, 0.2) is 0 Å². The second-order valence-electron chi connectivity index (χ2n) is 3.83. The molecule has 2 rings (SSSR count). The molecule has 3 heteroatoms. The number of ether oxygens (including phenoxy) is 3. The fraction of sp³-hybridized carbons (Fsp3) is 0.385. The summed E-state index contributed by atoms with van der Waals surface area (Å²) in [6.07, 6.45) is 4.13. The van der Waals surface area contributed by atoms with E-state index in [9.17, 15) is 0 Å². The van der Waals surface area contributed by atoms with Gasteiger partial charge in [0.1, 0.15) is 23.4 Å². The highest BCUT2D eigenvalue weighted by atomic mass is 16.5. The summed E-state index contributed by atoms with van der Waals surface area (Å²) in [5, 5.41) is 0. The largest absolute Gasteiger partial charge is 0.496 e. The molecule has 1 heterocycles. The van der Waals surface area contributed by atoms with Crippen LogP contribution in [0.15, 0.2) is 12.1 Å². The van der Waals surface area contributed by atoms with Gasteiger partial charge in [-0.1, -0.05) is 0 Å². The predicted molar refractivity (Wildman–Crippen MR) is 63.4 cm³/mol. The topological polar surface area (TPSA) is 27.7 Å². The average Bonchev–Trinajstić information content (AvgIpc) is 2.30. The Hall–Kier alpha value is -1.64. The van der Waals surface area contributed by atoms with Crippen LogP contribution in [0.4, 0.5) is 0 Å². The Morgan fingerprint density at radius 2 is 1.88 bits per heavy atom. The van der Waals surface area contributed by atoms with Crippen LogP contribution in [0.25, 0.3) is 6.08 Å². The van der Waals surface area contributed by atoms with Crippen molar-refractivity contribution in [1.82, 2.24) is 0 Å². The van der Waals surface area contributed by atoms with E-state index in [1.54, 1.807) is 14.2 Å². The lowest BCUT2D eigenvalue weighted by molar-refractivity contribution is 0.259. The molecule has 16 heavy (non-hydrogen) atoms. The molecule has 0 fully saturated rings. The van der Waals surface area contributed by atoms with Gasteiger partial charge < -0.3 is 14.2 Å². The smallest absolute Gasteiger partial charge is 0.137 e. The first kappa shape index (κ1) is 10.9. The summed E-state index contributed by atoms with van der Waals surface area (Å²) >= 11 is 0. The summed E-state index contributed by atoms with van der Waals surface area (Å²) < 4.78 is 16.4. The van der Waals surface area contributed by atoms with E-state index in [1.807, 2.05) is 32.1 Å². The molecule has 1 aromatic rings.